The molecule has 0 radical (unpaired) electrons. The molecule has 0 saturated carbocycles. The van der Waals surface area contributed by atoms with Gasteiger partial charge < -0.3 is 11.1 Å². The maximum atomic E-state index is 5.82. The van der Waals surface area contributed by atoms with E-state index >= 15 is 0 Å². The minimum atomic E-state index is 0.515. The normalized spacial score (nSPS) is 10.4. The zero-order valence-electron chi connectivity index (χ0n) is 9.31. The van der Waals surface area contributed by atoms with Crippen molar-refractivity contribution in [3.05, 3.63) is 30.0 Å². The monoisotopic (exact) mass is 218 g/mol. The van der Waals surface area contributed by atoms with Crippen LogP contribution in [-0.2, 0) is 13.6 Å². The van der Waals surface area contributed by atoms with E-state index in [1.165, 1.54) is 0 Å². The molecule has 2 aromatic heterocycles. The maximum absolute atomic E-state index is 5.82. The maximum Gasteiger partial charge on any atom is 0.169 e. The molecule has 0 spiro atoms. The third kappa shape index (κ3) is 2.28. The summed E-state index contributed by atoms with van der Waals surface area (Å²) < 4.78 is 1.66. The summed E-state index contributed by atoms with van der Waals surface area (Å²) in [4.78, 5) is 8.30. The van der Waals surface area contributed by atoms with Gasteiger partial charge in [-0.2, -0.15) is 5.10 Å². The van der Waals surface area contributed by atoms with Crippen LogP contribution in [0.25, 0.3) is 0 Å². The van der Waals surface area contributed by atoms with E-state index in [-0.39, 0.29) is 0 Å². The fourth-order valence-electron chi connectivity index (χ4n) is 1.37. The molecule has 0 atom stereocenters. The third-order valence-electron chi connectivity index (χ3n) is 2.11. The molecular weight excluding hydrogens is 204 g/mol. The molecule has 0 aliphatic heterocycles. The van der Waals surface area contributed by atoms with E-state index in [4.69, 9.17) is 5.73 Å². The van der Waals surface area contributed by atoms with Crippen LogP contribution in [0, 0.1) is 6.92 Å². The van der Waals surface area contributed by atoms with E-state index in [2.05, 4.69) is 20.4 Å². The molecule has 0 aromatic carbocycles. The van der Waals surface area contributed by atoms with Gasteiger partial charge in [0.05, 0.1) is 12.2 Å². The number of pyridine rings is 1. The smallest absolute Gasteiger partial charge is 0.169 e. The zero-order valence-corrected chi connectivity index (χ0v) is 9.31. The molecule has 0 bridgehead atoms. The number of aryl methyl sites for hydroxylation is 2. The van der Waals surface area contributed by atoms with Crippen LogP contribution >= 0.6 is 0 Å². The number of hydrogen-bond acceptors (Lipinski definition) is 5. The zero-order chi connectivity index (χ0) is 11.5. The van der Waals surface area contributed by atoms with Crippen LogP contribution in [0.1, 0.15) is 11.4 Å². The minimum absolute atomic E-state index is 0.515. The Morgan fingerprint density at radius 3 is 2.88 bits per heavy atom. The molecule has 0 fully saturated rings. The Kier molecular flexibility index (Phi) is 2.72. The van der Waals surface area contributed by atoms with Gasteiger partial charge in [0.25, 0.3) is 0 Å². The lowest BCUT2D eigenvalue weighted by atomic mass is 10.3. The number of nitrogens with one attached hydrogen (secondary N) is 1. The number of hydrogen-bond donors (Lipinski definition) is 2. The predicted molar refractivity (Wildman–Crippen MR) is 61.7 cm³/mol. The van der Waals surface area contributed by atoms with Crippen molar-refractivity contribution in [3.8, 4) is 0 Å². The van der Waals surface area contributed by atoms with E-state index in [0.29, 0.717) is 23.9 Å². The average Bonchev–Trinajstić information content (AvgIpc) is 2.63. The van der Waals surface area contributed by atoms with E-state index in [9.17, 15) is 0 Å². The quantitative estimate of drug-likeness (QED) is 0.793. The van der Waals surface area contributed by atoms with Crippen molar-refractivity contribution < 1.29 is 0 Å². The second kappa shape index (κ2) is 4.18. The fourth-order valence-corrected chi connectivity index (χ4v) is 1.37. The van der Waals surface area contributed by atoms with Crippen molar-refractivity contribution in [3.63, 3.8) is 0 Å². The van der Waals surface area contributed by atoms with Crippen LogP contribution in [0.3, 0.4) is 0 Å². The van der Waals surface area contributed by atoms with Crippen molar-refractivity contribution >= 4 is 11.5 Å². The highest BCUT2D eigenvalue weighted by Crippen LogP contribution is 2.15. The predicted octanol–water partition coefficient (Wildman–Crippen LogP) is 0.713. The molecule has 0 aliphatic carbocycles. The first-order chi connectivity index (χ1) is 7.65. The Morgan fingerprint density at radius 2 is 2.25 bits per heavy atom. The highest BCUT2D eigenvalue weighted by molar-refractivity contribution is 5.61. The van der Waals surface area contributed by atoms with Gasteiger partial charge in [0.1, 0.15) is 12.1 Å². The summed E-state index contributed by atoms with van der Waals surface area (Å²) in [5.74, 6) is 1.38. The lowest BCUT2D eigenvalue weighted by Gasteiger charge is -2.06. The number of nitrogens with two attached hydrogens (primary N) is 1. The molecular formula is C10H14N6. The summed E-state index contributed by atoms with van der Waals surface area (Å²) in [7, 11) is 1.83. The van der Waals surface area contributed by atoms with Crippen LogP contribution in [0.2, 0.25) is 0 Å². The van der Waals surface area contributed by atoms with Gasteiger partial charge >= 0.3 is 0 Å². The lowest BCUT2D eigenvalue weighted by molar-refractivity contribution is 0.747. The van der Waals surface area contributed by atoms with Crippen molar-refractivity contribution in [1.29, 1.82) is 0 Å². The number of aromatic nitrogens is 4. The van der Waals surface area contributed by atoms with Gasteiger partial charge in [-0.25, -0.2) is 9.97 Å². The molecule has 84 valence electrons. The van der Waals surface area contributed by atoms with E-state index < -0.39 is 0 Å². The van der Waals surface area contributed by atoms with Crippen LogP contribution in [-0.4, -0.2) is 19.7 Å². The van der Waals surface area contributed by atoms with E-state index in [0.717, 1.165) is 5.56 Å². The molecule has 2 heterocycles. The first-order valence-corrected chi connectivity index (χ1v) is 4.95. The summed E-state index contributed by atoms with van der Waals surface area (Å²) in [6.45, 7) is 2.47. The number of anilines is 2. The second-order valence-electron chi connectivity index (χ2n) is 3.64. The highest BCUT2D eigenvalue weighted by Gasteiger charge is 2.02. The molecule has 0 aliphatic rings. The standard InChI is InChI=1S/C10H14N6/c1-7-3-8(11)10(12-4-7)13-5-9-14-6-16(2)15-9/h3-4,6H,5,11H2,1-2H3,(H,12,13). The SMILES string of the molecule is Cc1cnc(NCc2ncn(C)n2)c(N)c1. The Labute approximate surface area is 93.5 Å². The molecule has 0 saturated heterocycles. The minimum Gasteiger partial charge on any atom is -0.396 e. The largest absolute Gasteiger partial charge is 0.396 e. The Balaban J connectivity index is 2.04. The molecule has 6 nitrogen and oxygen atoms in total. The van der Waals surface area contributed by atoms with Gasteiger partial charge in [0.2, 0.25) is 0 Å². The molecule has 2 rings (SSSR count). The first kappa shape index (κ1) is 10.4. The Morgan fingerprint density at radius 1 is 1.44 bits per heavy atom. The van der Waals surface area contributed by atoms with Crippen molar-refractivity contribution in [2.75, 3.05) is 11.1 Å². The summed E-state index contributed by atoms with van der Waals surface area (Å²) in [6, 6.07) is 1.88. The lowest BCUT2D eigenvalue weighted by Crippen LogP contribution is -2.06. The topological polar surface area (TPSA) is 81.7 Å². The van der Waals surface area contributed by atoms with E-state index in [1.807, 2.05) is 20.0 Å². The molecule has 2 aromatic rings. The van der Waals surface area contributed by atoms with Crippen LogP contribution in [0.5, 0.6) is 0 Å². The third-order valence-corrected chi connectivity index (χ3v) is 2.11. The molecule has 16 heavy (non-hydrogen) atoms. The van der Waals surface area contributed by atoms with Gasteiger partial charge in [-0.1, -0.05) is 0 Å². The van der Waals surface area contributed by atoms with Gasteiger partial charge in [0, 0.05) is 13.2 Å². The summed E-state index contributed by atoms with van der Waals surface area (Å²) in [6.07, 6.45) is 3.42. The van der Waals surface area contributed by atoms with E-state index in [1.54, 1.807) is 17.2 Å². The number of nitrogens with zero attached hydrogens (tertiary/aromatic N) is 4. The van der Waals surface area contributed by atoms with Crippen molar-refractivity contribution in [1.82, 2.24) is 19.7 Å². The van der Waals surface area contributed by atoms with Gasteiger partial charge in [0.15, 0.2) is 5.82 Å². The van der Waals surface area contributed by atoms with Crippen molar-refractivity contribution in [2.45, 2.75) is 13.5 Å². The van der Waals surface area contributed by atoms with Gasteiger partial charge in [-0.3, -0.25) is 4.68 Å². The Bertz CT molecular complexity index is 490. The molecule has 3 N–H and O–H groups in total. The first-order valence-electron chi connectivity index (χ1n) is 4.95. The average molecular weight is 218 g/mol. The van der Waals surface area contributed by atoms with Crippen LogP contribution in [0.4, 0.5) is 11.5 Å². The number of nitrogen functional groups attached to an aromatic ring is 1. The fraction of sp³-hybridized carbons (Fsp3) is 0.300. The van der Waals surface area contributed by atoms with Crippen molar-refractivity contribution in [2.24, 2.45) is 7.05 Å². The highest BCUT2D eigenvalue weighted by atomic mass is 15.3. The molecule has 6 heteroatoms. The van der Waals surface area contributed by atoms with Crippen LogP contribution in [0.15, 0.2) is 18.6 Å². The Hall–Kier alpha value is -2.11. The molecule has 0 amide bonds. The van der Waals surface area contributed by atoms with Crippen LogP contribution < -0.4 is 11.1 Å². The number of rotatable bonds is 3. The van der Waals surface area contributed by atoms with Gasteiger partial charge in [-0.15, -0.1) is 0 Å². The second-order valence-corrected chi connectivity index (χ2v) is 3.64. The summed E-state index contributed by atoms with van der Waals surface area (Å²) in [5.41, 5.74) is 7.50. The summed E-state index contributed by atoms with van der Waals surface area (Å²) >= 11 is 0. The summed E-state index contributed by atoms with van der Waals surface area (Å²) in [5, 5.41) is 7.24. The molecule has 0 unspecified atom stereocenters. The van der Waals surface area contributed by atoms with Gasteiger partial charge in [-0.05, 0) is 18.6 Å².